The first-order valence-electron chi connectivity index (χ1n) is 4.65. The van der Waals surface area contributed by atoms with E-state index in [0.29, 0.717) is 6.42 Å². The number of carbonyl (C=O) groups is 1. The molecule has 0 aliphatic heterocycles. The van der Waals surface area contributed by atoms with Crippen LogP contribution in [0.25, 0.3) is 0 Å². The predicted molar refractivity (Wildman–Crippen MR) is 53.7 cm³/mol. The van der Waals surface area contributed by atoms with Crippen molar-refractivity contribution < 1.29 is 9.53 Å². The largest absolute Gasteiger partial charge is 0.465 e. The van der Waals surface area contributed by atoms with Gasteiger partial charge in [0.15, 0.2) is 0 Å². The molecule has 0 radical (unpaired) electrons. The molecule has 0 spiro atoms. The van der Waals surface area contributed by atoms with Gasteiger partial charge in [-0.3, -0.25) is 19.0 Å². The van der Waals surface area contributed by atoms with Gasteiger partial charge in [0, 0.05) is 6.54 Å². The van der Waals surface area contributed by atoms with E-state index < -0.39 is 17.1 Å². The van der Waals surface area contributed by atoms with Gasteiger partial charge in [-0.15, -0.1) is 0 Å². The minimum atomic E-state index is -0.776. The first-order valence-corrected chi connectivity index (χ1v) is 4.65. The summed E-state index contributed by atoms with van der Waals surface area (Å²) in [6.07, 6.45) is 1.63. The molecule has 0 saturated heterocycles. The van der Waals surface area contributed by atoms with Gasteiger partial charge in [0.25, 0.3) is 0 Å². The highest BCUT2D eigenvalue weighted by Gasteiger charge is 2.01. The fourth-order valence-corrected chi connectivity index (χ4v) is 1.03. The van der Waals surface area contributed by atoms with E-state index >= 15 is 0 Å². The van der Waals surface area contributed by atoms with Gasteiger partial charge >= 0.3 is 17.1 Å². The molecule has 0 saturated carbocycles. The summed E-state index contributed by atoms with van der Waals surface area (Å²) in [5.41, 5.74) is 3.57. The SMILES string of the molecule is NCC(=O)OCCCn1cn[nH]c(=O)c1=O. The number of nitrogens with two attached hydrogens (primary N) is 1. The number of aryl methyl sites for hydroxylation is 1. The highest BCUT2D eigenvalue weighted by molar-refractivity contribution is 5.71. The number of ether oxygens (including phenoxy) is 1. The van der Waals surface area contributed by atoms with Crippen molar-refractivity contribution in [2.24, 2.45) is 5.73 Å². The minimum absolute atomic E-state index is 0.148. The van der Waals surface area contributed by atoms with Gasteiger partial charge in [0.1, 0.15) is 6.33 Å². The normalized spacial score (nSPS) is 10.1. The number of aromatic amines is 1. The number of aromatic nitrogens is 3. The molecule has 0 fully saturated rings. The van der Waals surface area contributed by atoms with Crippen molar-refractivity contribution in [2.45, 2.75) is 13.0 Å². The third kappa shape index (κ3) is 3.31. The molecule has 1 heterocycles. The molecule has 1 rings (SSSR count). The maximum absolute atomic E-state index is 11.2. The molecule has 0 aliphatic rings. The number of hydrogen-bond acceptors (Lipinski definition) is 6. The minimum Gasteiger partial charge on any atom is -0.465 e. The third-order valence-electron chi connectivity index (χ3n) is 1.79. The van der Waals surface area contributed by atoms with Gasteiger partial charge in [0.05, 0.1) is 13.2 Å². The molecule has 88 valence electrons. The number of H-pyrrole nitrogens is 1. The lowest BCUT2D eigenvalue weighted by molar-refractivity contribution is -0.142. The molecule has 0 aliphatic carbocycles. The molecule has 0 bridgehead atoms. The topological polar surface area (TPSA) is 120 Å². The second-order valence-corrected chi connectivity index (χ2v) is 2.96. The average Bonchev–Trinajstić information content (AvgIpc) is 2.29. The molecule has 0 aromatic carbocycles. The van der Waals surface area contributed by atoms with E-state index in [-0.39, 0.29) is 19.7 Å². The number of nitrogens with one attached hydrogen (secondary N) is 1. The Morgan fingerprint density at radius 3 is 3.00 bits per heavy atom. The van der Waals surface area contributed by atoms with Gasteiger partial charge in [-0.2, -0.15) is 5.10 Å². The van der Waals surface area contributed by atoms with Crippen LogP contribution in [0.2, 0.25) is 0 Å². The fourth-order valence-electron chi connectivity index (χ4n) is 1.03. The van der Waals surface area contributed by atoms with E-state index in [1.54, 1.807) is 0 Å². The molecule has 1 aromatic heterocycles. The van der Waals surface area contributed by atoms with E-state index in [4.69, 9.17) is 10.5 Å². The Morgan fingerprint density at radius 1 is 1.56 bits per heavy atom. The zero-order valence-corrected chi connectivity index (χ0v) is 8.51. The van der Waals surface area contributed by atoms with E-state index in [1.165, 1.54) is 6.33 Å². The summed E-state index contributed by atoms with van der Waals surface area (Å²) < 4.78 is 5.85. The summed E-state index contributed by atoms with van der Waals surface area (Å²) in [4.78, 5) is 32.7. The lowest BCUT2D eigenvalue weighted by atomic mass is 10.4. The molecule has 0 atom stereocenters. The van der Waals surface area contributed by atoms with Crippen molar-refractivity contribution in [3.63, 3.8) is 0 Å². The van der Waals surface area contributed by atoms with Crippen molar-refractivity contribution in [3.05, 3.63) is 27.0 Å². The number of carbonyl (C=O) groups excluding carboxylic acids is 1. The second-order valence-electron chi connectivity index (χ2n) is 2.96. The van der Waals surface area contributed by atoms with Crippen molar-refractivity contribution in [1.29, 1.82) is 0 Å². The van der Waals surface area contributed by atoms with Crippen LogP contribution in [-0.2, 0) is 16.1 Å². The van der Waals surface area contributed by atoms with Crippen LogP contribution in [0.15, 0.2) is 15.9 Å². The van der Waals surface area contributed by atoms with Crippen molar-refractivity contribution in [3.8, 4) is 0 Å². The zero-order chi connectivity index (χ0) is 12.0. The smallest absolute Gasteiger partial charge is 0.330 e. The van der Waals surface area contributed by atoms with E-state index in [9.17, 15) is 14.4 Å². The van der Waals surface area contributed by atoms with E-state index in [0.717, 1.165) is 4.57 Å². The summed E-state index contributed by atoms with van der Waals surface area (Å²) in [7, 11) is 0. The van der Waals surface area contributed by atoms with Crippen LogP contribution in [0.4, 0.5) is 0 Å². The number of esters is 1. The third-order valence-corrected chi connectivity index (χ3v) is 1.79. The number of hydrogen-bond donors (Lipinski definition) is 2. The molecule has 8 heteroatoms. The molecule has 0 amide bonds. The first-order chi connectivity index (χ1) is 7.65. The molecular weight excluding hydrogens is 216 g/mol. The van der Waals surface area contributed by atoms with Gasteiger partial charge in [0.2, 0.25) is 0 Å². The van der Waals surface area contributed by atoms with Gasteiger partial charge in [-0.1, -0.05) is 0 Å². The Bertz CT molecular complexity index is 464. The maximum Gasteiger partial charge on any atom is 0.330 e. The van der Waals surface area contributed by atoms with Crippen LogP contribution in [0.1, 0.15) is 6.42 Å². The van der Waals surface area contributed by atoms with Gasteiger partial charge in [-0.25, -0.2) is 5.10 Å². The average molecular weight is 228 g/mol. The number of nitrogens with zero attached hydrogens (tertiary/aromatic N) is 2. The quantitative estimate of drug-likeness (QED) is 0.336. The Labute approximate surface area is 90.0 Å². The summed E-state index contributed by atoms with van der Waals surface area (Å²) >= 11 is 0. The highest BCUT2D eigenvalue weighted by atomic mass is 16.5. The fraction of sp³-hybridized carbons (Fsp3) is 0.500. The molecule has 0 unspecified atom stereocenters. The summed E-state index contributed by atoms with van der Waals surface area (Å²) in [5, 5.41) is 5.49. The van der Waals surface area contributed by atoms with Crippen LogP contribution in [0.3, 0.4) is 0 Å². The molecule has 3 N–H and O–H groups in total. The molecular formula is C8H12N4O4. The van der Waals surface area contributed by atoms with Crippen LogP contribution >= 0.6 is 0 Å². The lowest BCUT2D eigenvalue weighted by Gasteiger charge is -2.04. The summed E-state index contributed by atoms with van der Waals surface area (Å²) in [6.45, 7) is 0.232. The maximum atomic E-state index is 11.2. The second kappa shape index (κ2) is 5.81. The van der Waals surface area contributed by atoms with Crippen molar-refractivity contribution in [2.75, 3.05) is 13.2 Å². The highest BCUT2D eigenvalue weighted by Crippen LogP contribution is 1.86. The lowest BCUT2D eigenvalue weighted by Crippen LogP contribution is -2.36. The number of rotatable bonds is 5. The van der Waals surface area contributed by atoms with Crippen LogP contribution < -0.4 is 16.9 Å². The van der Waals surface area contributed by atoms with E-state index in [2.05, 4.69) is 5.10 Å². The van der Waals surface area contributed by atoms with Crippen molar-refractivity contribution in [1.82, 2.24) is 14.8 Å². The van der Waals surface area contributed by atoms with Crippen LogP contribution in [0, 0.1) is 0 Å². The zero-order valence-electron chi connectivity index (χ0n) is 8.51. The van der Waals surface area contributed by atoms with Crippen LogP contribution in [0.5, 0.6) is 0 Å². The Kier molecular flexibility index (Phi) is 4.40. The first kappa shape index (κ1) is 12.1. The van der Waals surface area contributed by atoms with Crippen molar-refractivity contribution >= 4 is 5.97 Å². The Balaban J connectivity index is 2.44. The van der Waals surface area contributed by atoms with E-state index in [1.807, 2.05) is 5.10 Å². The van der Waals surface area contributed by atoms with Gasteiger partial charge in [-0.05, 0) is 6.42 Å². The Morgan fingerprint density at radius 2 is 2.31 bits per heavy atom. The molecule has 1 aromatic rings. The predicted octanol–water partition coefficient (Wildman–Crippen LogP) is -2.18. The Hall–Kier alpha value is -1.96. The molecule has 8 nitrogen and oxygen atoms in total. The monoisotopic (exact) mass is 228 g/mol. The van der Waals surface area contributed by atoms with Crippen LogP contribution in [-0.4, -0.2) is 33.9 Å². The molecule has 16 heavy (non-hydrogen) atoms. The summed E-state index contributed by atoms with van der Waals surface area (Å²) in [6, 6.07) is 0. The van der Waals surface area contributed by atoms with Gasteiger partial charge < -0.3 is 10.5 Å². The standard InChI is InChI=1S/C8H12N4O4/c9-4-6(13)16-3-1-2-12-5-10-11-7(14)8(12)15/h5H,1-4,9H2,(H,11,14). The summed E-state index contributed by atoms with van der Waals surface area (Å²) in [5.74, 6) is -0.503.